The zero-order valence-electron chi connectivity index (χ0n) is 12.2. The second-order valence-electron chi connectivity index (χ2n) is 5.80. The maximum atomic E-state index is 13.7. The van der Waals surface area contributed by atoms with Crippen LogP contribution in [0.4, 0.5) is 10.1 Å². The summed E-state index contributed by atoms with van der Waals surface area (Å²) in [5.74, 6) is 0.166. The van der Waals surface area contributed by atoms with Gasteiger partial charge in [0.15, 0.2) is 0 Å². The Hall–Kier alpha value is -1.85. The molecule has 0 radical (unpaired) electrons. The molecule has 0 bridgehead atoms. The van der Waals surface area contributed by atoms with Crippen LogP contribution in [-0.2, 0) is 4.79 Å². The average molecular weight is 347 g/mol. The van der Waals surface area contributed by atoms with Crippen molar-refractivity contribution in [1.82, 2.24) is 0 Å². The normalized spacial score (nSPS) is 22.7. The highest BCUT2D eigenvalue weighted by molar-refractivity contribution is 7.99. The molecule has 116 valence electrons. The highest BCUT2D eigenvalue weighted by atomic mass is 35.5. The third-order valence-electron chi connectivity index (χ3n) is 4.17. The molecule has 0 saturated carbocycles. The van der Waals surface area contributed by atoms with E-state index in [1.165, 1.54) is 17.1 Å². The molecule has 1 atom stereocenters. The number of hydrogen-bond acceptors (Lipinski definition) is 3. The third-order valence-corrected chi connectivity index (χ3v) is 5.81. The van der Waals surface area contributed by atoms with Gasteiger partial charge in [-0.3, -0.25) is 4.79 Å². The van der Waals surface area contributed by atoms with E-state index in [0.29, 0.717) is 27.7 Å². The number of carbonyl (C=O) groups excluding carboxylic acids is 1. The van der Waals surface area contributed by atoms with Gasteiger partial charge in [0, 0.05) is 21.2 Å². The third kappa shape index (κ3) is 2.18. The number of halogens is 2. The second kappa shape index (κ2) is 5.08. The molecule has 2 aliphatic rings. The van der Waals surface area contributed by atoms with Crippen molar-refractivity contribution in [3.63, 3.8) is 0 Å². The topological polar surface area (TPSA) is 32.7 Å². The van der Waals surface area contributed by atoms with Crippen molar-refractivity contribution in [3.05, 3.63) is 58.9 Å². The van der Waals surface area contributed by atoms with Gasteiger partial charge in [-0.15, -0.1) is 11.8 Å². The summed E-state index contributed by atoms with van der Waals surface area (Å²) in [5.41, 5.74) is 1.25. The number of hydrazone groups is 1. The van der Waals surface area contributed by atoms with Crippen LogP contribution in [0.2, 0.25) is 5.02 Å². The molecule has 0 fully saturated rings. The first kappa shape index (κ1) is 14.7. The summed E-state index contributed by atoms with van der Waals surface area (Å²) in [7, 11) is 0. The highest BCUT2D eigenvalue weighted by Gasteiger charge is 2.51. The van der Waals surface area contributed by atoms with E-state index in [9.17, 15) is 9.18 Å². The molecule has 0 spiro atoms. The molecule has 0 N–H and O–H groups in total. The fourth-order valence-corrected chi connectivity index (χ4v) is 4.17. The van der Waals surface area contributed by atoms with Gasteiger partial charge in [-0.2, -0.15) is 10.1 Å². The van der Waals surface area contributed by atoms with Gasteiger partial charge in [-0.05, 0) is 49.4 Å². The number of rotatable bonds is 1. The highest BCUT2D eigenvalue weighted by Crippen LogP contribution is 2.45. The SMILES string of the molecule is CC12CSc3ccc(F)cc3C1=NN(c1ccc(Cl)cc1)C2=O. The van der Waals surface area contributed by atoms with Gasteiger partial charge in [0.2, 0.25) is 0 Å². The molecular weight excluding hydrogens is 335 g/mol. The van der Waals surface area contributed by atoms with E-state index in [4.69, 9.17) is 11.6 Å². The van der Waals surface area contributed by atoms with Gasteiger partial charge in [-0.1, -0.05) is 11.6 Å². The molecule has 2 aromatic carbocycles. The minimum atomic E-state index is -0.745. The number of thioether (sulfide) groups is 1. The van der Waals surface area contributed by atoms with Crippen LogP contribution >= 0.6 is 23.4 Å². The van der Waals surface area contributed by atoms with Crippen LogP contribution in [0.25, 0.3) is 0 Å². The van der Waals surface area contributed by atoms with E-state index in [1.54, 1.807) is 42.1 Å². The predicted molar refractivity (Wildman–Crippen MR) is 90.7 cm³/mol. The van der Waals surface area contributed by atoms with E-state index in [2.05, 4.69) is 5.10 Å². The van der Waals surface area contributed by atoms with Crippen LogP contribution in [0.15, 0.2) is 52.5 Å². The van der Waals surface area contributed by atoms with Crippen molar-refractivity contribution >= 4 is 40.7 Å². The summed E-state index contributed by atoms with van der Waals surface area (Å²) >= 11 is 7.46. The summed E-state index contributed by atoms with van der Waals surface area (Å²) < 4.78 is 13.7. The number of fused-ring (bicyclic) bond motifs is 3. The second-order valence-corrected chi connectivity index (χ2v) is 7.26. The molecule has 2 aromatic rings. The largest absolute Gasteiger partial charge is 0.271 e. The lowest BCUT2D eigenvalue weighted by atomic mass is 9.82. The molecule has 4 rings (SSSR count). The first-order chi connectivity index (χ1) is 11.0. The molecular formula is C17H12ClFN2OS. The number of amides is 1. The Kier molecular flexibility index (Phi) is 3.25. The molecule has 0 aromatic heterocycles. The summed E-state index contributed by atoms with van der Waals surface area (Å²) in [5, 5.41) is 6.51. The first-order valence-electron chi connectivity index (χ1n) is 7.11. The van der Waals surface area contributed by atoms with E-state index in [-0.39, 0.29) is 11.7 Å². The molecule has 1 unspecified atom stereocenters. The lowest BCUT2D eigenvalue weighted by Crippen LogP contribution is -2.41. The smallest absolute Gasteiger partial charge is 0.260 e. The number of nitrogens with zero attached hydrogens (tertiary/aromatic N) is 2. The van der Waals surface area contributed by atoms with E-state index in [0.717, 1.165) is 4.90 Å². The van der Waals surface area contributed by atoms with Crippen LogP contribution in [0.1, 0.15) is 12.5 Å². The number of benzene rings is 2. The van der Waals surface area contributed by atoms with E-state index < -0.39 is 5.41 Å². The first-order valence-corrected chi connectivity index (χ1v) is 8.47. The van der Waals surface area contributed by atoms with Gasteiger partial charge in [0.05, 0.1) is 11.4 Å². The lowest BCUT2D eigenvalue weighted by molar-refractivity contribution is -0.122. The zero-order chi connectivity index (χ0) is 16.2. The molecule has 2 heterocycles. The Morgan fingerprint density at radius 3 is 2.74 bits per heavy atom. The quantitative estimate of drug-likeness (QED) is 0.769. The molecule has 1 amide bonds. The van der Waals surface area contributed by atoms with Crippen molar-refractivity contribution in [2.45, 2.75) is 11.8 Å². The maximum Gasteiger partial charge on any atom is 0.260 e. The van der Waals surface area contributed by atoms with Crippen molar-refractivity contribution in [2.24, 2.45) is 10.5 Å². The molecule has 6 heteroatoms. The summed E-state index contributed by atoms with van der Waals surface area (Å²) in [6, 6.07) is 11.6. The van der Waals surface area contributed by atoms with Crippen molar-refractivity contribution in [1.29, 1.82) is 0 Å². The molecule has 2 aliphatic heterocycles. The van der Waals surface area contributed by atoms with Crippen LogP contribution in [0, 0.1) is 11.2 Å². The lowest BCUT2D eigenvalue weighted by Gasteiger charge is -2.29. The summed E-state index contributed by atoms with van der Waals surface area (Å²) in [6.07, 6.45) is 0. The van der Waals surface area contributed by atoms with Gasteiger partial charge in [-0.25, -0.2) is 4.39 Å². The summed E-state index contributed by atoms with van der Waals surface area (Å²) in [4.78, 5) is 13.9. The standard InChI is InChI=1S/C17H12ClFN2OS/c1-17-9-23-14-7-4-11(19)8-13(14)15(17)20-21(16(17)22)12-5-2-10(18)3-6-12/h2-8H,9H2,1H3. The number of hydrogen-bond donors (Lipinski definition) is 0. The van der Waals surface area contributed by atoms with Crippen molar-refractivity contribution in [3.8, 4) is 0 Å². The molecule has 23 heavy (non-hydrogen) atoms. The Balaban J connectivity index is 1.85. The Bertz CT molecular complexity index is 852. The molecule has 3 nitrogen and oxygen atoms in total. The number of carbonyl (C=O) groups is 1. The Labute approximate surface area is 142 Å². The predicted octanol–water partition coefficient (Wildman–Crippen LogP) is 4.34. The van der Waals surface area contributed by atoms with Gasteiger partial charge in [0.25, 0.3) is 5.91 Å². The fourth-order valence-electron chi connectivity index (χ4n) is 2.86. The monoisotopic (exact) mass is 346 g/mol. The van der Waals surface area contributed by atoms with Gasteiger partial charge < -0.3 is 0 Å². The van der Waals surface area contributed by atoms with Gasteiger partial charge >= 0.3 is 0 Å². The Morgan fingerprint density at radius 1 is 1.26 bits per heavy atom. The van der Waals surface area contributed by atoms with Crippen LogP contribution in [0.3, 0.4) is 0 Å². The van der Waals surface area contributed by atoms with Crippen molar-refractivity contribution in [2.75, 3.05) is 10.8 Å². The van der Waals surface area contributed by atoms with E-state index >= 15 is 0 Å². The van der Waals surface area contributed by atoms with Gasteiger partial charge in [0.1, 0.15) is 11.2 Å². The van der Waals surface area contributed by atoms with E-state index in [1.807, 2.05) is 6.92 Å². The van der Waals surface area contributed by atoms with Crippen LogP contribution < -0.4 is 5.01 Å². The average Bonchev–Trinajstić information content (AvgIpc) is 2.81. The fraction of sp³-hybridized carbons (Fsp3) is 0.176. The Morgan fingerprint density at radius 2 is 2.00 bits per heavy atom. The molecule has 0 aliphatic carbocycles. The van der Waals surface area contributed by atoms with Crippen molar-refractivity contribution < 1.29 is 9.18 Å². The maximum absolute atomic E-state index is 13.7. The van der Waals surface area contributed by atoms with Crippen LogP contribution in [0.5, 0.6) is 0 Å². The molecule has 0 saturated heterocycles. The number of anilines is 1. The minimum absolute atomic E-state index is 0.0998. The summed E-state index contributed by atoms with van der Waals surface area (Å²) in [6.45, 7) is 1.87. The minimum Gasteiger partial charge on any atom is -0.271 e. The zero-order valence-corrected chi connectivity index (χ0v) is 13.8. The van der Waals surface area contributed by atoms with Crippen LogP contribution in [-0.4, -0.2) is 17.4 Å².